The fourth-order valence-corrected chi connectivity index (χ4v) is 8.60. The number of hydrogen-bond acceptors (Lipinski definition) is 4. The molecule has 1 aliphatic rings. The van der Waals surface area contributed by atoms with Gasteiger partial charge < -0.3 is 0 Å². The number of aromatic nitrogens is 5. The summed E-state index contributed by atoms with van der Waals surface area (Å²) in [7, 11) is 11.0. The molecule has 1 aliphatic carbocycles. The summed E-state index contributed by atoms with van der Waals surface area (Å²) in [4.78, 5) is 20.7. The van der Waals surface area contributed by atoms with E-state index in [0.717, 1.165) is 33.4 Å². The van der Waals surface area contributed by atoms with Crippen LogP contribution in [0.1, 0.15) is 52.7 Å². The number of pyridine rings is 1. The van der Waals surface area contributed by atoms with Gasteiger partial charge in [-0.25, -0.2) is 4.98 Å². The Morgan fingerprint density at radius 2 is 1.06 bits per heavy atom. The van der Waals surface area contributed by atoms with Gasteiger partial charge in [-0.05, 0) is 57.7 Å². The SMILES string of the molecule is Bc1c(B)c(B)c(-c2nc(-c3ccc(-c4ccc5c(c4)C(C)(C)C(C)(C)C5(C)C)nc3)nc(-n3c4ccccc4c4ccccc43)n2)c(B)c1B. The van der Waals surface area contributed by atoms with E-state index in [1.54, 1.807) is 0 Å². The zero-order chi connectivity index (χ0) is 36.2. The first-order valence-corrected chi connectivity index (χ1v) is 18.1. The number of benzene rings is 4. The first-order chi connectivity index (χ1) is 24.1. The van der Waals surface area contributed by atoms with Crippen molar-refractivity contribution in [2.45, 2.75) is 52.4 Å². The number of hydrogen-bond donors (Lipinski definition) is 0. The maximum absolute atomic E-state index is 5.26. The van der Waals surface area contributed by atoms with Crippen molar-refractivity contribution >= 4 is 88.4 Å². The Bertz CT molecular complexity index is 2490. The summed E-state index contributed by atoms with van der Waals surface area (Å²) in [6.45, 7) is 14.3. The van der Waals surface area contributed by atoms with Gasteiger partial charge in [0, 0.05) is 33.7 Å². The van der Waals surface area contributed by atoms with Crippen LogP contribution in [0.5, 0.6) is 0 Å². The van der Waals surface area contributed by atoms with Crippen LogP contribution in [-0.2, 0) is 10.8 Å². The van der Waals surface area contributed by atoms with Gasteiger partial charge in [0.1, 0.15) is 39.2 Å². The van der Waals surface area contributed by atoms with Crippen LogP contribution >= 0.6 is 0 Å². The molecule has 0 atom stereocenters. The summed E-state index contributed by atoms with van der Waals surface area (Å²) in [5.74, 6) is 1.87. The zero-order valence-electron chi connectivity index (χ0n) is 31.8. The second-order valence-electron chi connectivity index (χ2n) is 16.2. The predicted molar refractivity (Wildman–Crippen MR) is 229 cm³/mol. The molecule has 3 aromatic heterocycles. The van der Waals surface area contributed by atoms with Crippen molar-refractivity contribution in [2.75, 3.05) is 0 Å². The molecule has 0 saturated heterocycles. The van der Waals surface area contributed by atoms with Crippen LogP contribution in [0.4, 0.5) is 0 Å². The first kappa shape index (κ1) is 33.3. The first-order valence-electron chi connectivity index (χ1n) is 18.1. The van der Waals surface area contributed by atoms with E-state index in [0.29, 0.717) is 17.6 Å². The van der Waals surface area contributed by atoms with Gasteiger partial charge in [0.05, 0.1) is 16.7 Å². The Morgan fingerprint density at radius 1 is 0.529 bits per heavy atom. The molecular weight excluding hydrogens is 617 g/mol. The minimum absolute atomic E-state index is 0.0230. The van der Waals surface area contributed by atoms with E-state index in [9.17, 15) is 0 Å². The molecule has 0 N–H and O–H groups in total. The maximum Gasteiger partial charge on any atom is 0.238 e. The van der Waals surface area contributed by atoms with Crippen molar-refractivity contribution in [3.8, 4) is 40.0 Å². The van der Waals surface area contributed by atoms with Crippen molar-refractivity contribution in [3.05, 3.63) is 96.2 Å². The molecule has 8 rings (SSSR count). The third-order valence-electron chi connectivity index (χ3n) is 13.4. The molecule has 0 radical (unpaired) electrons. The van der Waals surface area contributed by atoms with E-state index in [4.69, 9.17) is 19.9 Å². The number of rotatable bonds is 4. The Labute approximate surface area is 305 Å². The number of para-hydroxylation sites is 2. The van der Waals surface area contributed by atoms with Crippen LogP contribution in [0, 0.1) is 5.41 Å². The fourth-order valence-electron chi connectivity index (χ4n) is 8.60. The van der Waals surface area contributed by atoms with Gasteiger partial charge in [-0.2, -0.15) is 9.97 Å². The molecule has 0 bridgehead atoms. The summed E-state index contributed by atoms with van der Waals surface area (Å²) in [6.07, 6.45) is 1.92. The minimum Gasteiger partial charge on any atom is -0.278 e. The Hall–Kier alpha value is -4.84. The lowest BCUT2D eigenvalue weighted by molar-refractivity contribution is 0.125. The van der Waals surface area contributed by atoms with E-state index < -0.39 is 0 Å². The van der Waals surface area contributed by atoms with Crippen LogP contribution in [-0.4, -0.2) is 63.7 Å². The molecule has 3 heterocycles. The highest BCUT2D eigenvalue weighted by atomic mass is 15.2. The van der Waals surface area contributed by atoms with Crippen LogP contribution in [0.2, 0.25) is 0 Å². The van der Waals surface area contributed by atoms with Crippen LogP contribution in [0.25, 0.3) is 61.8 Å². The predicted octanol–water partition coefficient (Wildman–Crippen LogP) is 1.25. The average molecular weight is 659 g/mol. The molecule has 0 spiro atoms. The van der Waals surface area contributed by atoms with Crippen LogP contribution in [0.15, 0.2) is 85.1 Å². The highest BCUT2D eigenvalue weighted by Gasteiger charge is 2.56. The quantitative estimate of drug-likeness (QED) is 0.268. The van der Waals surface area contributed by atoms with Crippen LogP contribution in [0.3, 0.4) is 0 Å². The summed E-state index contributed by atoms with van der Waals surface area (Å²) < 4.78 is 2.18. The largest absolute Gasteiger partial charge is 0.278 e. The summed E-state index contributed by atoms with van der Waals surface area (Å²) >= 11 is 0. The molecule has 5 nitrogen and oxygen atoms in total. The van der Waals surface area contributed by atoms with Crippen molar-refractivity contribution in [2.24, 2.45) is 5.41 Å². The monoisotopic (exact) mass is 659 g/mol. The highest BCUT2D eigenvalue weighted by Crippen LogP contribution is 2.61. The van der Waals surface area contributed by atoms with Gasteiger partial charge >= 0.3 is 0 Å². The van der Waals surface area contributed by atoms with Gasteiger partial charge in [-0.1, -0.05) is 101 Å². The van der Waals surface area contributed by atoms with E-state index in [1.165, 1.54) is 49.2 Å². The number of fused-ring (bicyclic) bond motifs is 4. The lowest BCUT2D eigenvalue weighted by Crippen LogP contribution is -2.55. The Morgan fingerprint density at radius 3 is 1.65 bits per heavy atom. The Kier molecular flexibility index (Phi) is 7.40. The van der Waals surface area contributed by atoms with E-state index >= 15 is 0 Å². The third kappa shape index (κ3) is 4.67. The van der Waals surface area contributed by atoms with Gasteiger partial charge in [-0.3, -0.25) is 9.55 Å². The summed E-state index contributed by atoms with van der Waals surface area (Å²) in [6, 6.07) is 28.1. The smallest absolute Gasteiger partial charge is 0.238 e. The lowest BCUT2D eigenvalue weighted by atomic mass is 9.59. The van der Waals surface area contributed by atoms with E-state index in [1.807, 2.05) is 6.20 Å². The minimum atomic E-state index is 0.0230. The molecule has 51 heavy (non-hydrogen) atoms. The molecule has 0 aliphatic heterocycles. The summed E-state index contributed by atoms with van der Waals surface area (Å²) in [5, 5.41) is 2.34. The van der Waals surface area contributed by atoms with Gasteiger partial charge in [-0.15, -0.1) is 16.4 Å². The molecule has 0 saturated carbocycles. The van der Waals surface area contributed by atoms with E-state index in [-0.39, 0.29) is 16.2 Å². The van der Waals surface area contributed by atoms with Gasteiger partial charge in [0.2, 0.25) is 5.95 Å². The molecule has 0 fully saturated rings. The second-order valence-corrected chi connectivity index (χ2v) is 16.2. The normalized spacial score (nSPS) is 15.7. The topological polar surface area (TPSA) is 56.5 Å². The summed E-state index contributed by atoms with van der Waals surface area (Å²) in [5.41, 5.74) is 15.4. The van der Waals surface area contributed by atoms with Gasteiger partial charge in [0.15, 0.2) is 11.6 Å². The lowest BCUT2D eigenvalue weighted by Gasteiger charge is -2.44. The highest BCUT2D eigenvalue weighted by molar-refractivity contribution is 6.68. The third-order valence-corrected chi connectivity index (χ3v) is 13.4. The number of nitrogens with zero attached hydrogens (tertiary/aromatic N) is 5. The molecule has 7 aromatic rings. The standard InChI is InChI=1S/C41H42B5N5/c1-39(2)25-17-15-21(19-26(25)40(3,4)41(39,5)6)27-18-16-22(20-47-27)36-48-37(30-31(42)33(44)35(46)34(45)32(30)43)50-38(49-36)51-28-13-9-7-11-23(28)24-12-8-10-14-29(24)51/h7-20H,42-46H2,1-6H3. The van der Waals surface area contributed by atoms with Crippen molar-refractivity contribution in [1.29, 1.82) is 0 Å². The van der Waals surface area contributed by atoms with Gasteiger partial charge in [0.25, 0.3) is 0 Å². The Balaban J connectivity index is 1.31. The maximum atomic E-state index is 5.26. The molecule has 4 aromatic carbocycles. The van der Waals surface area contributed by atoms with Crippen LogP contribution < -0.4 is 27.3 Å². The molecule has 10 heteroatoms. The molecule has 246 valence electrons. The zero-order valence-corrected chi connectivity index (χ0v) is 31.8. The van der Waals surface area contributed by atoms with Crippen molar-refractivity contribution in [1.82, 2.24) is 24.5 Å². The van der Waals surface area contributed by atoms with Crippen molar-refractivity contribution < 1.29 is 0 Å². The molecule has 0 amide bonds. The average Bonchev–Trinajstić information content (AvgIpc) is 3.51. The second kappa shape index (κ2) is 11.3. The molecular formula is C41H42B5N5. The van der Waals surface area contributed by atoms with Crippen molar-refractivity contribution in [3.63, 3.8) is 0 Å². The fraction of sp³-hybridized carbons (Fsp3) is 0.220. The molecule has 0 unspecified atom stereocenters. The van der Waals surface area contributed by atoms with E-state index in [2.05, 4.69) is 164 Å².